The standard InChI is InChI=1S/C9H17N5/c1-3-7-5-4-6(2)14(7)9-11-8(10)12-13-9/h6-7H,3-5H2,1-2H3,(H3,10,11,12,13). The zero-order valence-corrected chi connectivity index (χ0v) is 8.70. The molecule has 0 bridgehead atoms. The monoisotopic (exact) mass is 195 g/mol. The van der Waals surface area contributed by atoms with Gasteiger partial charge in [-0.05, 0) is 26.2 Å². The van der Waals surface area contributed by atoms with E-state index in [0.29, 0.717) is 18.0 Å². The van der Waals surface area contributed by atoms with Gasteiger partial charge in [-0.15, -0.1) is 5.10 Å². The highest BCUT2D eigenvalue weighted by atomic mass is 15.4. The Bertz CT molecular complexity index is 308. The fourth-order valence-corrected chi connectivity index (χ4v) is 2.21. The highest BCUT2D eigenvalue weighted by molar-refractivity contribution is 5.38. The van der Waals surface area contributed by atoms with Crippen molar-refractivity contribution in [3.8, 4) is 0 Å². The number of hydrogen-bond donors (Lipinski definition) is 2. The fraction of sp³-hybridized carbons (Fsp3) is 0.778. The maximum Gasteiger partial charge on any atom is 0.246 e. The van der Waals surface area contributed by atoms with Crippen molar-refractivity contribution in [1.82, 2.24) is 15.2 Å². The number of nitrogens with zero attached hydrogens (tertiary/aromatic N) is 3. The van der Waals surface area contributed by atoms with Crippen LogP contribution in [0.15, 0.2) is 0 Å². The van der Waals surface area contributed by atoms with Crippen molar-refractivity contribution in [2.75, 3.05) is 10.6 Å². The molecule has 78 valence electrons. The molecule has 0 spiro atoms. The van der Waals surface area contributed by atoms with Gasteiger partial charge in [0.05, 0.1) is 0 Å². The van der Waals surface area contributed by atoms with Gasteiger partial charge in [0, 0.05) is 12.1 Å². The molecule has 0 amide bonds. The molecule has 2 unspecified atom stereocenters. The van der Waals surface area contributed by atoms with Crippen LogP contribution < -0.4 is 10.6 Å². The number of rotatable bonds is 2. The van der Waals surface area contributed by atoms with Crippen LogP contribution in [0.4, 0.5) is 11.9 Å². The molecule has 1 aliphatic rings. The summed E-state index contributed by atoms with van der Waals surface area (Å²) in [5, 5.41) is 6.80. The van der Waals surface area contributed by atoms with E-state index in [4.69, 9.17) is 5.73 Å². The molecular weight excluding hydrogens is 178 g/mol. The molecule has 0 saturated carbocycles. The first-order valence-corrected chi connectivity index (χ1v) is 5.18. The van der Waals surface area contributed by atoms with Crippen molar-refractivity contribution < 1.29 is 0 Å². The molecule has 1 aromatic heterocycles. The van der Waals surface area contributed by atoms with Crippen LogP contribution >= 0.6 is 0 Å². The Kier molecular flexibility index (Phi) is 2.31. The van der Waals surface area contributed by atoms with E-state index in [1.54, 1.807) is 0 Å². The highest BCUT2D eigenvalue weighted by Crippen LogP contribution is 2.29. The van der Waals surface area contributed by atoms with Gasteiger partial charge in [-0.3, -0.25) is 0 Å². The van der Waals surface area contributed by atoms with Gasteiger partial charge in [-0.25, -0.2) is 5.10 Å². The van der Waals surface area contributed by atoms with Gasteiger partial charge in [0.25, 0.3) is 0 Å². The predicted molar refractivity (Wildman–Crippen MR) is 56.0 cm³/mol. The van der Waals surface area contributed by atoms with Crippen molar-refractivity contribution in [1.29, 1.82) is 0 Å². The molecule has 1 aromatic rings. The zero-order chi connectivity index (χ0) is 10.1. The third-order valence-electron chi connectivity index (χ3n) is 2.98. The molecule has 2 rings (SSSR count). The van der Waals surface area contributed by atoms with Crippen LogP contribution in [0.25, 0.3) is 0 Å². The summed E-state index contributed by atoms with van der Waals surface area (Å²) in [5.74, 6) is 1.15. The van der Waals surface area contributed by atoms with Crippen LogP contribution in [0, 0.1) is 0 Å². The lowest BCUT2D eigenvalue weighted by Crippen LogP contribution is -2.34. The van der Waals surface area contributed by atoms with E-state index in [1.165, 1.54) is 12.8 Å². The zero-order valence-electron chi connectivity index (χ0n) is 8.70. The van der Waals surface area contributed by atoms with Crippen molar-refractivity contribution in [2.45, 2.75) is 45.2 Å². The molecule has 1 aliphatic heterocycles. The minimum absolute atomic E-state index is 0.397. The molecule has 5 nitrogen and oxygen atoms in total. The third-order valence-corrected chi connectivity index (χ3v) is 2.98. The first-order chi connectivity index (χ1) is 6.72. The molecule has 3 N–H and O–H groups in total. The molecule has 1 saturated heterocycles. The van der Waals surface area contributed by atoms with Crippen molar-refractivity contribution in [3.63, 3.8) is 0 Å². The van der Waals surface area contributed by atoms with Crippen LogP contribution in [0.1, 0.15) is 33.1 Å². The van der Waals surface area contributed by atoms with Crippen LogP contribution in [0.3, 0.4) is 0 Å². The van der Waals surface area contributed by atoms with Crippen LogP contribution in [-0.4, -0.2) is 27.3 Å². The molecule has 0 aliphatic carbocycles. The van der Waals surface area contributed by atoms with Crippen LogP contribution in [0.5, 0.6) is 0 Å². The number of aromatic amines is 1. The molecule has 0 radical (unpaired) electrons. The topological polar surface area (TPSA) is 70.8 Å². The summed E-state index contributed by atoms with van der Waals surface area (Å²) in [7, 11) is 0. The molecule has 2 heterocycles. The second-order valence-corrected chi connectivity index (χ2v) is 3.92. The Hall–Kier alpha value is -1.26. The molecular formula is C9H17N5. The minimum atomic E-state index is 0.397. The lowest BCUT2D eigenvalue weighted by atomic mass is 10.2. The number of nitrogens with two attached hydrogens (primary N) is 1. The summed E-state index contributed by atoms with van der Waals surface area (Å²) >= 11 is 0. The summed E-state index contributed by atoms with van der Waals surface area (Å²) in [6.45, 7) is 4.41. The summed E-state index contributed by atoms with van der Waals surface area (Å²) in [5.41, 5.74) is 5.52. The normalized spacial score (nSPS) is 27.1. The van der Waals surface area contributed by atoms with Gasteiger partial charge in [0.15, 0.2) is 0 Å². The van der Waals surface area contributed by atoms with Crippen LogP contribution in [-0.2, 0) is 0 Å². The Morgan fingerprint density at radius 3 is 2.93 bits per heavy atom. The smallest absolute Gasteiger partial charge is 0.246 e. The van der Waals surface area contributed by atoms with Crippen molar-refractivity contribution in [2.24, 2.45) is 0 Å². The average Bonchev–Trinajstić information content (AvgIpc) is 2.71. The Labute approximate surface area is 83.7 Å². The average molecular weight is 195 g/mol. The lowest BCUT2D eigenvalue weighted by molar-refractivity contribution is 0.614. The third kappa shape index (κ3) is 1.42. The summed E-state index contributed by atoms with van der Waals surface area (Å²) in [4.78, 5) is 6.45. The van der Waals surface area contributed by atoms with Gasteiger partial charge in [0.1, 0.15) is 0 Å². The van der Waals surface area contributed by atoms with E-state index in [9.17, 15) is 0 Å². The maximum atomic E-state index is 5.52. The van der Waals surface area contributed by atoms with Crippen molar-refractivity contribution in [3.05, 3.63) is 0 Å². The number of hydrogen-bond acceptors (Lipinski definition) is 4. The summed E-state index contributed by atoms with van der Waals surface area (Å²) < 4.78 is 0. The first kappa shape index (κ1) is 9.30. The summed E-state index contributed by atoms with van der Waals surface area (Å²) in [6.07, 6.45) is 3.58. The first-order valence-electron chi connectivity index (χ1n) is 5.18. The second kappa shape index (κ2) is 3.48. The molecule has 5 heteroatoms. The summed E-state index contributed by atoms with van der Waals surface area (Å²) in [6, 6.07) is 1.09. The quantitative estimate of drug-likeness (QED) is 0.742. The predicted octanol–water partition coefficient (Wildman–Crippen LogP) is 1.15. The minimum Gasteiger partial charge on any atom is -0.368 e. The fourth-order valence-electron chi connectivity index (χ4n) is 2.21. The van der Waals surface area contributed by atoms with Crippen LogP contribution in [0.2, 0.25) is 0 Å². The van der Waals surface area contributed by atoms with E-state index in [1.807, 2.05) is 0 Å². The largest absolute Gasteiger partial charge is 0.368 e. The Balaban J connectivity index is 2.22. The van der Waals surface area contributed by atoms with Gasteiger partial charge in [0.2, 0.25) is 11.9 Å². The molecule has 0 aromatic carbocycles. The van der Waals surface area contributed by atoms with Gasteiger partial charge >= 0.3 is 0 Å². The Morgan fingerprint density at radius 2 is 2.36 bits per heavy atom. The van der Waals surface area contributed by atoms with E-state index in [0.717, 1.165) is 12.4 Å². The van der Waals surface area contributed by atoms with Gasteiger partial charge < -0.3 is 10.6 Å². The second-order valence-electron chi connectivity index (χ2n) is 3.92. The SMILES string of the molecule is CCC1CCC(C)N1c1n[nH]c(N)n1. The molecule has 2 atom stereocenters. The number of H-pyrrole nitrogens is 1. The van der Waals surface area contributed by atoms with E-state index >= 15 is 0 Å². The van der Waals surface area contributed by atoms with Crippen molar-refractivity contribution >= 4 is 11.9 Å². The highest BCUT2D eigenvalue weighted by Gasteiger charge is 2.31. The number of anilines is 2. The Morgan fingerprint density at radius 1 is 1.57 bits per heavy atom. The number of aromatic nitrogens is 3. The maximum absolute atomic E-state index is 5.52. The van der Waals surface area contributed by atoms with Gasteiger partial charge in [-0.2, -0.15) is 4.98 Å². The number of nitrogen functional groups attached to an aromatic ring is 1. The van der Waals surface area contributed by atoms with Gasteiger partial charge in [-0.1, -0.05) is 6.92 Å². The van der Waals surface area contributed by atoms with E-state index in [2.05, 4.69) is 33.9 Å². The molecule has 14 heavy (non-hydrogen) atoms. The van der Waals surface area contributed by atoms with E-state index < -0.39 is 0 Å². The van der Waals surface area contributed by atoms with E-state index in [-0.39, 0.29) is 0 Å². The number of nitrogens with one attached hydrogen (secondary N) is 1. The molecule has 1 fully saturated rings. The lowest BCUT2D eigenvalue weighted by Gasteiger charge is -2.26.